The fourth-order valence-electron chi connectivity index (χ4n) is 2.15. The first-order valence-electron chi connectivity index (χ1n) is 6.55. The summed E-state index contributed by atoms with van der Waals surface area (Å²) < 4.78 is 23.4. The van der Waals surface area contributed by atoms with Crippen molar-refractivity contribution in [2.24, 2.45) is 0 Å². The zero-order chi connectivity index (χ0) is 14.8. The molecule has 21 heavy (non-hydrogen) atoms. The summed E-state index contributed by atoms with van der Waals surface area (Å²) in [5, 5.41) is 0.900. The zero-order valence-corrected chi connectivity index (χ0v) is 11.4. The van der Waals surface area contributed by atoms with Gasteiger partial charge in [0.1, 0.15) is 17.1 Å². The standard InChI is InChI=1S/C17H13FO3/c1-11-2-7-15-12(10-20-16(15)8-11)9-17(19)21-14-5-3-13(18)4-6-14/h2-8,10H,9H2,1H3. The van der Waals surface area contributed by atoms with Crippen LogP contribution in [0.1, 0.15) is 11.1 Å². The van der Waals surface area contributed by atoms with Gasteiger partial charge in [-0.2, -0.15) is 0 Å². The average molecular weight is 284 g/mol. The van der Waals surface area contributed by atoms with Crippen molar-refractivity contribution in [2.45, 2.75) is 13.3 Å². The molecule has 0 unspecified atom stereocenters. The van der Waals surface area contributed by atoms with Gasteiger partial charge in [-0.25, -0.2) is 4.39 Å². The molecule has 4 heteroatoms. The Balaban J connectivity index is 1.75. The maximum Gasteiger partial charge on any atom is 0.315 e. The first-order chi connectivity index (χ1) is 10.1. The van der Waals surface area contributed by atoms with E-state index in [1.54, 1.807) is 6.26 Å². The minimum absolute atomic E-state index is 0.105. The number of rotatable bonds is 3. The van der Waals surface area contributed by atoms with Crippen molar-refractivity contribution < 1.29 is 18.3 Å². The Bertz CT molecular complexity index is 787. The molecule has 0 saturated heterocycles. The van der Waals surface area contributed by atoms with Crippen LogP contribution in [0.3, 0.4) is 0 Å². The lowest BCUT2D eigenvalue weighted by atomic mass is 10.1. The van der Waals surface area contributed by atoms with Crippen molar-refractivity contribution >= 4 is 16.9 Å². The quantitative estimate of drug-likeness (QED) is 0.538. The molecule has 0 aliphatic rings. The van der Waals surface area contributed by atoms with Crippen LogP contribution in [0.5, 0.6) is 5.75 Å². The summed E-state index contributed by atoms with van der Waals surface area (Å²) in [6.45, 7) is 1.98. The van der Waals surface area contributed by atoms with Crippen LogP contribution >= 0.6 is 0 Å². The van der Waals surface area contributed by atoms with Crippen LogP contribution in [0.4, 0.5) is 4.39 Å². The highest BCUT2D eigenvalue weighted by Crippen LogP contribution is 2.23. The van der Waals surface area contributed by atoms with Crippen molar-refractivity contribution in [2.75, 3.05) is 0 Å². The molecule has 0 fully saturated rings. The van der Waals surface area contributed by atoms with Crippen molar-refractivity contribution in [1.29, 1.82) is 0 Å². The Morgan fingerprint density at radius 2 is 1.95 bits per heavy atom. The van der Waals surface area contributed by atoms with E-state index in [4.69, 9.17) is 9.15 Å². The van der Waals surface area contributed by atoms with Gasteiger partial charge in [-0.3, -0.25) is 4.79 Å². The number of hydrogen-bond acceptors (Lipinski definition) is 3. The number of ether oxygens (including phenoxy) is 1. The van der Waals surface area contributed by atoms with E-state index in [0.29, 0.717) is 5.75 Å². The second kappa shape index (κ2) is 5.40. The van der Waals surface area contributed by atoms with Gasteiger partial charge in [-0.1, -0.05) is 12.1 Å². The maximum atomic E-state index is 12.8. The number of esters is 1. The third-order valence-corrected chi connectivity index (χ3v) is 3.19. The van der Waals surface area contributed by atoms with Gasteiger partial charge in [0, 0.05) is 10.9 Å². The Hall–Kier alpha value is -2.62. The van der Waals surface area contributed by atoms with E-state index in [1.807, 2.05) is 25.1 Å². The normalized spacial score (nSPS) is 10.8. The lowest BCUT2D eigenvalue weighted by Gasteiger charge is -2.03. The van der Waals surface area contributed by atoms with Crippen LogP contribution in [-0.2, 0) is 11.2 Å². The fourth-order valence-corrected chi connectivity index (χ4v) is 2.15. The van der Waals surface area contributed by atoms with E-state index in [9.17, 15) is 9.18 Å². The van der Waals surface area contributed by atoms with Gasteiger partial charge in [0.05, 0.1) is 12.7 Å². The summed E-state index contributed by atoms with van der Waals surface area (Å²) in [6, 6.07) is 11.1. The smallest absolute Gasteiger partial charge is 0.315 e. The van der Waals surface area contributed by atoms with Gasteiger partial charge in [0.15, 0.2) is 0 Å². The summed E-state index contributed by atoms with van der Waals surface area (Å²) in [4.78, 5) is 11.9. The van der Waals surface area contributed by atoms with Crippen LogP contribution in [0, 0.1) is 12.7 Å². The number of furan rings is 1. The molecule has 0 radical (unpaired) electrons. The predicted molar refractivity (Wildman–Crippen MR) is 76.7 cm³/mol. The van der Waals surface area contributed by atoms with E-state index >= 15 is 0 Å². The van der Waals surface area contributed by atoms with Gasteiger partial charge in [-0.05, 0) is 42.8 Å². The third-order valence-electron chi connectivity index (χ3n) is 3.19. The molecular weight excluding hydrogens is 271 g/mol. The third kappa shape index (κ3) is 2.94. The zero-order valence-electron chi connectivity index (χ0n) is 11.4. The molecular formula is C17H13FO3. The lowest BCUT2D eigenvalue weighted by molar-refractivity contribution is -0.133. The highest BCUT2D eigenvalue weighted by molar-refractivity contribution is 5.86. The van der Waals surface area contributed by atoms with Gasteiger partial charge < -0.3 is 9.15 Å². The Kier molecular flexibility index (Phi) is 3.44. The van der Waals surface area contributed by atoms with Crippen LogP contribution < -0.4 is 4.74 Å². The monoisotopic (exact) mass is 284 g/mol. The first-order valence-corrected chi connectivity index (χ1v) is 6.55. The largest absolute Gasteiger partial charge is 0.464 e. The topological polar surface area (TPSA) is 39.4 Å². The molecule has 0 amide bonds. The Morgan fingerprint density at radius 1 is 1.19 bits per heavy atom. The highest BCUT2D eigenvalue weighted by Gasteiger charge is 2.12. The molecule has 0 saturated carbocycles. The second-order valence-corrected chi connectivity index (χ2v) is 4.87. The number of aryl methyl sites for hydroxylation is 1. The minimum atomic E-state index is -0.412. The maximum absolute atomic E-state index is 12.8. The number of fused-ring (bicyclic) bond motifs is 1. The fraction of sp³-hybridized carbons (Fsp3) is 0.118. The molecule has 3 nitrogen and oxygen atoms in total. The van der Waals surface area contributed by atoms with Gasteiger partial charge in [0.25, 0.3) is 0 Å². The molecule has 1 aromatic heterocycles. The summed E-state index contributed by atoms with van der Waals surface area (Å²) in [5.74, 6) is -0.457. The lowest BCUT2D eigenvalue weighted by Crippen LogP contribution is -2.10. The number of carbonyl (C=O) groups excluding carboxylic acids is 1. The van der Waals surface area contributed by atoms with E-state index in [-0.39, 0.29) is 12.2 Å². The Labute approximate surface area is 120 Å². The van der Waals surface area contributed by atoms with Gasteiger partial charge >= 0.3 is 5.97 Å². The molecule has 3 rings (SSSR count). The summed E-state index contributed by atoms with van der Waals surface area (Å²) >= 11 is 0. The molecule has 106 valence electrons. The van der Waals surface area contributed by atoms with E-state index in [1.165, 1.54) is 24.3 Å². The van der Waals surface area contributed by atoms with E-state index < -0.39 is 5.97 Å². The number of benzene rings is 2. The number of hydrogen-bond donors (Lipinski definition) is 0. The van der Waals surface area contributed by atoms with E-state index in [0.717, 1.165) is 22.1 Å². The molecule has 3 aromatic rings. The van der Waals surface area contributed by atoms with Crippen LogP contribution in [-0.4, -0.2) is 5.97 Å². The van der Waals surface area contributed by atoms with Crippen molar-refractivity contribution in [3.05, 3.63) is 65.7 Å². The summed E-state index contributed by atoms with van der Waals surface area (Å²) in [6.07, 6.45) is 1.67. The van der Waals surface area contributed by atoms with Crippen LogP contribution in [0.2, 0.25) is 0 Å². The van der Waals surface area contributed by atoms with Gasteiger partial charge in [0.2, 0.25) is 0 Å². The average Bonchev–Trinajstić information content (AvgIpc) is 2.83. The first kappa shape index (κ1) is 13.4. The van der Waals surface area contributed by atoms with Gasteiger partial charge in [-0.15, -0.1) is 0 Å². The molecule has 0 N–H and O–H groups in total. The SMILES string of the molecule is Cc1ccc2c(CC(=O)Oc3ccc(F)cc3)coc2c1. The number of halogens is 1. The van der Waals surface area contributed by atoms with Crippen molar-refractivity contribution in [1.82, 2.24) is 0 Å². The molecule has 0 bridgehead atoms. The molecule has 0 atom stereocenters. The molecule has 0 spiro atoms. The molecule has 1 heterocycles. The van der Waals surface area contributed by atoms with Crippen molar-refractivity contribution in [3.63, 3.8) is 0 Å². The summed E-state index contributed by atoms with van der Waals surface area (Å²) in [5.41, 5.74) is 2.62. The molecule has 0 aliphatic heterocycles. The van der Waals surface area contributed by atoms with Crippen LogP contribution in [0.15, 0.2) is 53.1 Å². The highest BCUT2D eigenvalue weighted by atomic mass is 19.1. The molecule has 0 aliphatic carbocycles. The molecule has 2 aromatic carbocycles. The Morgan fingerprint density at radius 3 is 2.71 bits per heavy atom. The van der Waals surface area contributed by atoms with Crippen molar-refractivity contribution in [3.8, 4) is 5.75 Å². The predicted octanol–water partition coefficient (Wildman–Crippen LogP) is 4.03. The number of carbonyl (C=O) groups is 1. The van der Waals surface area contributed by atoms with Crippen LogP contribution in [0.25, 0.3) is 11.0 Å². The minimum Gasteiger partial charge on any atom is -0.464 e. The summed E-state index contributed by atoms with van der Waals surface area (Å²) in [7, 11) is 0. The second-order valence-electron chi connectivity index (χ2n) is 4.87. The van der Waals surface area contributed by atoms with E-state index in [2.05, 4.69) is 0 Å².